The van der Waals surface area contributed by atoms with E-state index in [-0.39, 0.29) is 5.60 Å². The zero-order valence-corrected chi connectivity index (χ0v) is 12.5. The summed E-state index contributed by atoms with van der Waals surface area (Å²) in [6.45, 7) is 5.83. The fourth-order valence-corrected chi connectivity index (χ4v) is 2.47. The maximum absolute atomic E-state index is 5.87. The van der Waals surface area contributed by atoms with Gasteiger partial charge in [0.2, 0.25) is 0 Å². The van der Waals surface area contributed by atoms with Crippen molar-refractivity contribution < 1.29 is 4.74 Å². The van der Waals surface area contributed by atoms with E-state index < -0.39 is 0 Å². The molecule has 2 heterocycles. The lowest BCUT2D eigenvalue weighted by Gasteiger charge is -2.32. The minimum Gasteiger partial charge on any atom is -0.369 e. The maximum Gasteiger partial charge on any atom is 0.162 e. The summed E-state index contributed by atoms with van der Waals surface area (Å²) in [6.07, 6.45) is 5.19. The van der Waals surface area contributed by atoms with Crippen molar-refractivity contribution in [3.05, 3.63) is 15.6 Å². The third-order valence-electron chi connectivity index (χ3n) is 3.03. The first-order valence-electron chi connectivity index (χ1n) is 6.06. The Labute approximate surface area is 116 Å². The van der Waals surface area contributed by atoms with Crippen LogP contribution in [0, 0.1) is 3.57 Å². The molecule has 0 bridgehead atoms. The van der Waals surface area contributed by atoms with Crippen molar-refractivity contribution in [1.29, 1.82) is 0 Å². The van der Waals surface area contributed by atoms with Crippen LogP contribution < -0.4 is 5.32 Å². The summed E-state index contributed by atoms with van der Waals surface area (Å²) in [7, 11) is 0. The summed E-state index contributed by atoms with van der Waals surface area (Å²) < 4.78 is 6.92. The van der Waals surface area contributed by atoms with Gasteiger partial charge in [0, 0.05) is 19.3 Å². The fourth-order valence-electron chi connectivity index (χ4n) is 2.02. The SMILES string of the molecule is CCNc1nc(C2(C)CCCCO2)ncc1I. The van der Waals surface area contributed by atoms with Crippen molar-refractivity contribution in [2.24, 2.45) is 0 Å². The molecule has 0 amide bonds. The van der Waals surface area contributed by atoms with E-state index in [1.165, 1.54) is 6.42 Å². The van der Waals surface area contributed by atoms with Crippen LogP contribution in [-0.2, 0) is 10.3 Å². The van der Waals surface area contributed by atoms with Gasteiger partial charge >= 0.3 is 0 Å². The number of halogens is 1. The molecule has 0 saturated carbocycles. The van der Waals surface area contributed by atoms with Gasteiger partial charge in [-0.2, -0.15) is 0 Å². The van der Waals surface area contributed by atoms with Gasteiger partial charge in [-0.1, -0.05) is 0 Å². The first-order chi connectivity index (χ1) is 8.15. The first-order valence-corrected chi connectivity index (χ1v) is 7.14. The smallest absolute Gasteiger partial charge is 0.162 e. The quantitative estimate of drug-likeness (QED) is 0.855. The van der Waals surface area contributed by atoms with Crippen molar-refractivity contribution in [1.82, 2.24) is 9.97 Å². The van der Waals surface area contributed by atoms with Gasteiger partial charge in [0.1, 0.15) is 11.4 Å². The molecule has 0 spiro atoms. The van der Waals surface area contributed by atoms with Gasteiger partial charge in [0.25, 0.3) is 0 Å². The molecule has 1 fully saturated rings. The molecular formula is C12H18IN3O. The number of hydrogen-bond acceptors (Lipinski definition) is 4. The summed E-state index contributed by atoms with van der Waals surface area (Å²) in [5.41, 5.74) is -0.313. The highest BCUT2D eigenvalue weighted by atomic mass is 127. The molecule has 0 aliphatic carbocycles. The largest absolute Gasteiger partial charge is 0.369 e. The first kappa shape index (κ1) is 13.0. The topological polar surface area (TPSA) is 47.0 Å². The van der Waals surface area contributed by atoms with Crippen molar-refractivity contribution in [2.45, 2.75) is 38.7 Å². The lowest BCUT2D eigenvalue weighted by Crippen LogP contribution is -2.32. The third kappa shape index (κ3) is 2.88. The Kier molecular flexibility index (Phi) is 4.19. The van der Waals surface area contributed by atoms with Gasteiger partial charge < -0.3 is 10.1 Å². The van der Waals surface area contributed by atoms with Gasteiger partial charge in [-0.3, -0.25) is 0 Å². The van der Waals surface area contributed by atoms with E-state index in [4.69, 9.17) is 4.74 Å². The molecule has 1 N–H and O–H groups in total. The Bertz CT molecular complexity index is 391. The molecule has 2 rings (SSSR count). The highest BCUT2D eigenvalue weighted by Gasteiger charge is 2.33. The predicted molar refractivity (Wildman–Crippen MR) is 76.1 cm³/mol. The Morgan fingerprint density at radius 1 is 1.53 bits per heavy atom. The van der Waals surface area contributed by atoms with Crippen LogP contribution in [0.15, 0.2) is 6.20 Å². The molecule has 1 unspecified atom stereocenters. The van der Waals surface area contributed by atoms with E-state index in [1.807, 2.05) is 6.20 Å². The van der Waals surface area contributed by atoms with Gasteiger partial charge in [-0.15, -0.1) is 0 Å². The zero-order valence-electron chi connectivity index (χ0n) is 10.3. The minimum absolute atomic E-state index is 0.313. The van der Waals surface area contributed by atoms with Crippen molar-refractivity contribution >= 4 is 28.4 Å². The number of anilines is 1. The Morgan fingerprint density at radius 3 is 3.00 bits per heavy atom. The van der Waals surface area contributed by atoms with Crippen LogP contribution >= 0.6 is 22.6 Å². The van der Waals surface area contributed by atoms with Crippen molar-refractivity contribution in [2.75, 3.05) is 18.5 Å². The average molecular weight is 347 g/mol. The van der Waals surface area contributed by atoms with Crippen LogP contribution in [0.2, 0.25) is 0 Å². The molecule has 1 aromatic heterocycles. The third-order valence-corrected chi connectivity index (χ3v) is 3.82. The fraction of sp³-hybridized carbons (Fsp3) is 0.667. The molecule has 4 nitrogen and oxygen atoms in total. The lowest BCUT2D eigenvalue weighted by atomic mass is 9.95. The number of hydrogen-bond donors (Lipinski definition) is 1. The van der Waals surface area contributed by atoms with Gasteiger partial charge in [-0.05, 0) is 55.7 Å². The average Bonchev–Trinajstić information content (AvgIpc) is 2.33. The highest BCUT2D eigenvalue weighted by Crippen LogP contribution is 2.33. The number of nitrogens with one attached hydrogen (secondary N) is 1. The zero-order chi connectivity index (χ0) is 12.3. The number of ether oxygens (including phenoxy) is 1. The van der Waals surface area contributed by atoms with E-state index in [0.717, 1.165) is 41.2 Å². The van der Waals surface area contributed by atoms with Crippen LogP contribution in [0.25, 0.3) is 0 Å². The molecule has 94 valence electrons. The summed E-state index contributed by atoms with van der Waals surface area (Å²) in [5, 5.41) is 3.26. The Morgan fingerprint density at radius 2 is 2.35 bits per heavy atom. The Balaban J connectivity index is 2.28. The van der Waals surface area contributed by atoms with Crippen molar-refractivity contribution in [3.8, 4) is 0 Å². The maximum atomic E-state index is 5.87. The predicted octanol–water partition coefficient (Wildman–Crippen LogP) is 2.93. The summed E-state index contributed by atoms with van der Waals surface area (Å²) in [5.74, 6) is 1.71. The molecule has 1 aliphatic rings. The molecule has 5 heteroatoms. The van der Waals surface area contributed by atoms with Crippen LogP contribution in [0.4, 0.5) is 5.82 Å². The number of nitrogens with zero attached hydrogens (tertiary/aromatic N) is 2. The van der Waals surface area contributed by atoms with Gasteiger partial charge in [0.15, 0.2) is 5.82 Å². The molecule has 0 radical (unpaired) electrons. The van der Waals surface area contributed by atoms with E-state index in [2.05, 4.69) is 51.7 Å². The van der Waals surface area contributed by atoms with Crippen LogP contribution in [0.1, 0.15) is 38.9 Å². The molecule has 17 heavy (non-hydrogen) atoms. The summed E-state index contributed by atoms with van der Waals surface area (Å²) >= 11 is 2.25. The second-order valence-electron chi connectivity index (χ2n) is 4.46. The molecule has 1 atom stereocenters. The highest BCUT2D eigenvalue weighted by molar-refractivity contribution is 14.1. The van der Waals surface area contributed by atoms with Gasteiger partial charge in [0.05, 0.1) is 3.57 Å². The molecule has 1 aliphatic heterocycles. The second-order valence-corrected chi connectivity index (χ2v) is 5.62. The van der Waals surface area contributed by atoms with Gasteiger partial charge in [-0.25, -0.2) is 9.97 Å². The van der Waals surface area contributed by atoms with Crippen LogP contribution in [0.3, 0.4) is 0 Å². The van der Waals surface area contributed by atoms with E-state index in [9.17, 15) is 0 Å². The molecular weight excluding hydrogens is 329 g/mol. The van der Waals surface area contributed by atoms with E-state index in [1.54, 1.807) is 0 Å². The lowest BCUT2D eigenvalue weighted by molar-refractivity contribution is -0.0759. The van der Waals surface area contributed by atoms with Crippen LogP contribution in [0.5, 0.6) is 0 Å². The normalized spacial score (nSPS) is 24.6. The minimum atomic E-state index is -0.313. The van der Waals surface area contributed by atoms with E-state index in [0.29, 0.717) is 0 Å². The summed E-state index contributed by atoms with van der Waals surface area (Å²) in [4.78, 5) is 9.04. The molecule has 1 saturated heterocycles. The molecule has 1 aromatic rings. The number of rotatable bonds is 3. The monoisotopic (exact) mass is 347 g/mol. The van der Waals surface area contributed by atoms with E-state index >= 15 is 0 Å². The second kappa shape index (κ2) is 5.48. The summed E-state index contributed by atoms with van der Waals surface area (Å²) in [6, 6.07) is 0. The standard InChI is InChI=1S/C12H18IN3O/c1-3-14-10-9(13)8-15-11(16-10)12(2)6-4-5-7-17-12/h8H,3-7H2,1-2H3,(H,14,15,16). The van der Waals surface area contributed by atoms with Crippen molar-refractivity contribution in [3.63, 3.8) is 0 Å². The van der Waals surface area contributed by atoms with Crippen LogP contribution in [-0.4, -0.2) is 23.1 Å². The Hall–Kier alpha value is -0.430. The number of aromatic nitrogens is 2. The molecule has 0 aromatic carbocycles.